The standard InChI is InChI=1S/C8H16N2O4.H2O/c9-6(8(13)14)3-1-2-4-10-5-7(11)12;/h6,10H,1-5,9H2,(H,11,12)(H,13,14);1H2/t6-;/m0./s1. The Kier molecular flexibility index (Phi) is 10.2. The maximum absolute atomic E-state index is 10.3. The largest absolute Gasteiger partial charge is 0.480 e. The van der Waals surface area contributed by atoms with Crippen LogP contribution < -0.4 is 11.1 Å². The van der Waals surface area contributed by atoms with Crippen molar-refractivity contribution in [3.63, 3.8) is 0 Å². The van der Waals surface area contributed by atoms with E-state index in [9.17, 15) is 9.59 Å². The molecule has 0 fully saturated rings. The monoisotopic (exact) mass is 222 g/mol. The molecular weight excluding hydrogens is 204 g/mol. The Hall–Kier alpha value is -1.18. The van der Waals surface area contributed by atoms with Crippen molar-refractivity contribution < 1.29 is 25.3 Å². The lowest BCUT2D eigenvalue weighted by Gasteiger charge is -2.05. The van der Waals surface area contributed by atoms with Crippen LogP contribution in [0.15, 0.2) is 0 Å². The number of unbranched alkanes of at least 4 members (excludes halogenated alkanes) is 1. The summed E-state index contributed by atoms with van der Waals surface area (Å²) in [5.74, 6) is -1.89. The van der Waals surface area contributed by atoms with Crippen LogP contribution in [0.4, 0.5) is 0 Å². The molecular formula is C8H18N2O5. The van der Waals surface area contributed by atoms with Gasteiger partial charge in [0.05, 0.1) is 6.54 Å². The van der Waals surface area contributed by atoms with Crippen LogP contribution in [0, 0.1) is 0 Å². The van der Waals surface area contributed by atoms with Gasteiger partial charge in [0, 0.05) is 0 Å². The first-order valence-electron chi connectivity index (χ1n) is 4.45. The molecule has 7 N–H and O–H groups in total. The number of nitrogens with two attached hydrogens (primary N) is 1. The molecule has 7 nitrogen and oxygen atoms in total. The average Bonchev–Trinajstić information content (AvgIpc) is 2.09. The second-order valence-electron chi connectivity index (χ2n) is 3.01. The number of carbonyl (C=O) groups is 2. The van der Waals surface area contributed by atoms with Crippen LogP contribution >= 0.6 is 0 Å². The van der Waals surface area contributed by atoms with E-state index in [-0.39, 0.29) is 12.0 Å². The van der Waals surface area contributed by atoms with Crippen LogP contribution in [0.25, 0.3) is 0 Å². The first-order chi connectivity index (χ1) is 6.54. The molecule has 1 atom stereocenters. The molecule has 0 aromatic carbocycles. The lowest BCUT2D eigenvalue weighted by molar-refractivity contribution is -0.138. The van der Waals surface area contributed by atoms with Gasteiger partial charge in [0.25, 0.3) is 0 Å². The van der Waals surface area contributed by atoms with Crippen molar-refractivity contribution in [3.05, 3.63) is 0 Å². The van der Waals surface area contributed by atoms with Crippen molar-refractivity contribution in [3.8, 4) is 0 Å². The third kappa shape index (κ3) is 10.7. The third-order valence-corrected chi connectivity index (χ3v) is 1.71. The topological polar surface area (TPSA) is 144 Å². The maximum Gasteiger partial charge on any atom is 0.320 e. The Morgan fingerprint density at radius 1 is 1.27 bits per heavy atom. The van der Waals surface area contributed by atoms with E-state index in [1.165, 1.54) is 0 Å². The van der Waals surface area contributed by atoms with Gasteiger partial charge in [-0.1, -0.05) is 6.42 Å². The molecule has 0 aromatic heterocycles. The fourth-order valence-corrected chi connectivity index (χ4v) is 0.933. The number of nitrogens with one attached hydrogen (secondary N) is 1. The Balaban J connectivity index is 0. The summed E-state index contributed by atoms with van der Waals surface area (Å²) in [7, 11) is 0. The molecule has 0 unspecified atom stereocenters. The lowest BCUT2D eigenvalue weighted by Crippen LogP contribution is -2.30. The van der Waals surface area contributed by atoms with E-state index in [1.54, 1.807) is 0 Å². The molecule has 90 valence electrons. The van der Waals surface area contributed by atoms with Gasteiger partial charge in [-0.2, -0.15) is 0 Å². The second-order valence-corrected chi connectivity index (χ2v) is 3.01. The van der Waals surface area contributed by atoms with Gasteiger partial charge in [-0.15, -0.1) is 0 Å². The predicted molar refractivity (Wildman–Crippen MR) is 53.6 cm³/mol. The molecule has 0 radical (unpaired) electrons. The summed E-state index contributed by atoms with van der Waals surface area (Å²) in [6.45, 7) is 0.504. The van der Waals surface area contributed by atoms with Gasteiger partial charge in [0.2, 0.25) is 0 Å². The van der Waals surface area contributed by atoms with Crippen LogP contribution in [0.1, 0.15) is 19.3 Å². The molecule has 0 saturated heterocycles. The van der Waals surface area contributed by atoms with Crippen LogP contribution in [0.5, 0.6) is 0 Å². The van der Waals surface area contributed by atoms with E-state index < -0.39 is 18.0 Å². The van der Waals surface area contributed by atoms with Gasteiger partial charge in [0.15, 0.2) is 0 Å². The van der Waals surface area contributed by atoms with Gasteiger partial charge in [-0.3, -0.25) is 9.59 Å². The number of carboxylic acids is 2. The van der Waals surface area contributed by atoms with Gasteiger partial charge in [-0.05, 0) is 19.4 Å². The van der Waals surface area contributed by atoms with Crippen LogP contribution in [0.2, 0.25) is 0 Å². The molecule has 0 aromatic rings. The van der Waals surface area contributed by atoms with Crippen molar-refractivity contribution in [2.75, 3.05) is 13.1 Å². The molecule has 0 aliphatic carbocycles. The van der Waals surface area contributed by atoms with Crippen LogP contribution in [-0.4, -0.2) is 46.8 Å². The van der Waals surface area contributed by atoms with Crippen molar-refractivity contribution in [1.29, 1.82) is 0 Å². The van der Waals surface area contributed by atoms with Gasteiger partial charge < -0.3 is 26.7 Å². The van der Waals surface area contributed by atoms with Gasteiger partial charge in [0.1, 0.15) is 6.04 Å². The molecule has 0 saturated carbocycles. The van der Waals surface area contributed by atoms with E-state index in [2.05, 4.69) is 5.32 Å². The van der Waals surface area contributed by atoms with E-state index in [1.807, 2.05) is 0 Å². The number of rotatable bonds is 8. The molecule has 0 rings (SSSR count). The zero-order valence-electron chi connectivity index (χ0n) is 8.40. The number of carboxylic acid groups (broad SMARTS) is 2. The Bertz CT molecular complexity index is 197. The Labute approximate surface area is 87.6 Å². The van der Waals surface area contributed by atoms with E-state index in [4.69, 9.17) is 15.9 Å². The zero-order chi connectivity index (χ0) is 11.0. The predicted octanol–water partition coefficient (Wildman–Crippen LogP) is -1.58. The smallest absolute Gasteiger partial charge is 0.320 e. The molecule has 0 spiro atoms. The van der Waals surface area contributed by atoms with Crippen molar-refractivity contribution in [2.45, 2.75) is 25.3 Å². The summed E-state index contributed by atoms with van der Waals surface area (Å²) in [6, 6.07) is -0.811. The van der Waals surface area contributed by atoms with Gasteiger partial charge in [-0.25, -0.2) is 0 Å². The Morgan fingerprint density at radius 2 is 1.87 bits per heavy atom. The third-order valence-electron chi connectivity index (χ3n) is 1.71. The van der Waals surface area contributed by atoms with Crippen molar-refractivity contribution in [2.24, 2.45) is 5.73 Å². The minimum Gasteiger partial charge on any atom is -0.480 e. The van der Waals surface area contributed by atoms with Gasteiger partial charge >= 0.3 is 11.9 Å². The fourth-order valence-electron chi connectivity index (χ4n) is 0.933. The summed E-state index contributed by atoms with van der Waals surface area (Å²) in [4.78, 5) is 20.4. The maximum atomic E-state index is 10.3. The van der Waals surface area contributed by atoms with Crippen LogP contribution in [0.3, 0.4) is 0 Å². The molecule has 0 aliphatic rings. The first kappa shape index (κ1) is 16.3. The van der Waals surface area contributed by atoms with E-state index in [0.29, 0.717) is 19.4 Å². The Morgan fingerprint density at radius 3 is 2.33 bits per heavy atom. The second kappa shape index (κ2) is 9.38. The summed E-state index contributed by atoms with van der Waals surface area (Å²) >= 11 is 0. The molecule has 7 heteroatoms. The summed E-state index contributed by atoms with van der Waals surface area (Å²) in [5, 5.41) is 19.4. The highest BCUT2D eigenvalue weighted by molar-refractivity contribution is 5.72. The highest BCUT2D eigenvalue weighted by Gasteiger charge is 2.09. The fraction of sp³-hybridized carbons (Fsp3) is 0.750. The summed E-state index contributed by atoms with van der Waals surface area (Å²) < 4.78 is 0. The molecule has 0 amide bonds. The highest BCUT2D eigenvalue weighted by atomic mass is 16.4. The van der Waals surface area contributed by atoms with Crippen molar-refractivity contribution >= 4 is 11.9 Å². The van der Waals surface area contributed by atoms with E-state index >= 15 is 0 Å². The van der Waals surface area contributed by atoms with Crippen molar-refractivity contribution in [1.82, 2.24) is 5.32 Å². The number of hydrogen-bond acceptors (Lipinski definition) is 4. The molecule has 0 bridgehead atoms. The quantitative estimate of drug-likeness (QED) is 0.365. The number of hydrogen-bond donors (Lipinski definition) is 4. The minimum atomic E-state index is -0.997. The molecule has 0 aliphatic heterocycles. The normalized spacial score (nSPS) is 11.5. The SMILES string of the molecule is N[C@@H](CCCCNCC(=O)O)C(=O)O.O. The molecule has 15 heavy (non-hydrogen) atoms. The lowest BCUT2D eigenvalue weighted by atomic mass is 10.1. The minimum absolute atomic E-state index is 0. The van der Waals surface area contributed by atoms with E-state index in [0.717, 1.165) is 6.42 Å². The number of aliphatic carboxylic acids is 2. The van der Waals surface area contributed by atoms with Crippen LogP contribution in [-0.2, 0) is 9.59 Å². The summed E-state index contributed by atoms with van der Waals surface area (Å²) in [6.07, 6.45) is 1.83. The summed E-state index contributed by atoms with van der Waals surface area (Å²) in [5.41, 5.74) is 5.27. The molecule has 0 heterocycles. The highest BCUT2D eigenvalue weighted by Crippen LogP contribution is 1.97. The zero-order valence-corrected chi connectivity index (χ0v) is 8.40. The first-order valence-corrected chi connectivity index (χ1v) is 4.45. The average molecular weight is 222 g/mol.